The summed E-state index contributed by atoms with van der Waals surface area (Å²) in [7, 11) is 2.92. The third-order valence-corrected chi connectivity index (χ3v) is 11.2. The van der Waals surface area contributed by atoms with Gasteiger partial charge in [-0.15, -0.1) is 0 Å². The van der Waals surface area contributed by atoms with Gasteiger partial charge in [-0.2, -0.15) is 0 Å². The molecule has 8 heteroatoms. The lowest BCUT2D eigenvalue weighted by molar-refractivity contribution is -0.181. The number of rotatable bonds is 4. The minimum absolute atomic E-state index is 0.0367. The van der Waals surface area contributed by atoms with Crippen LogP contribution in [0.1, 0.15) is 55.8 Å². The number of nitrogens with zero attached hydrogens (tertiary/aromatic N) is 1. The van der Waals surface area contributed by atoms with Gasteiger partial charge in [0, 0.05) is 31.0 Å². The second-order valence-electron chi connectivity index (χ2n) is 12.4. The molecule has 3 aliphatic heterocycles. The highest BCUT2D eigenvalue weighted by Crippen LogP contribution is 2.75. The molecule has 6 aliphatic rings. The Morgan fingerprint density at radius 3 is 2.47 bits per heavy atom. The van der Waals surface area contributed by atoms with Crippen molar-refractivity contribution in [2.75, 3.05) is 14.2 Å². The Kier molecular flexibility index (Phi) is 5.45. The topological polar surface area (TPSA) is 106 Å². The number of methoxy groups -OCH3 is 2. The predicted octanol–water partition coefficient (Wildman–Crippen LogP) is 2.47. The minimum Gasteiger partial charge on any atom is -0.466 e. The van der Waals surface area contributed by atoms with Crippen molar-refractivity contribution in [1.82, 2.24) is 4.90 Å². The second-order valence-corrected chi connectivity index (χ2v) is 12.4. The fourth-order valence-electron chi connectivity index (χ4n) is 10.3. The van der Waals surface area contributed by atoms with Crippen molar-refractivity contribution in [1.29, 1.82) is 0 Å². The fourth-order valence-corrected chi connectivity index (χ4v) is 10.3. The van der Waals surface area contributed by atoms with Crippen molar-refractivity contribution >= 4 is 11.9 Å². The maximum absolute atomic E-state index is 13.8. The summed E-state index contributed by atoms with van der Waals surface area (Å²) in [6, 6.07) is 9.30. The van der Waals surface area contributed by atoms with E-state index < -0.39 is 47.3 Å². The van der Waals surface area contributed by atoms with Gasteiger partial charge in [-0.1, -0.05) is 18.2 Å². The molecule has 3 saturated heterocycles. The number of benzene rings is 1. The van der Waals surface area contributed by atoms with Gasteiger partial charge < -0.3 is 24.4 Å². The fraction of sp³-hybridized carbons (Fsp3) is 0.667. The molecule has 204 valence electrons. The summed E-state index contributed by atoms with van der Waals surface area (Å²) in [5.41, 5.74) is -0.273. The summed E-state index contributed by atoms with van der Waals surface area (Å²) in [6.07, 6.45) is 2.39. The Balaban J connectivity index is 1.49. The molecule has 2 N–H and O–H groups in total. The number of carbonyl (C=O) groups is 2. The van der Waals surface area contributed by atoms with Crippen LogP contribution in [-0.2, 0) is 19.0 Å². The van der Waals surface area contributed by atoms with Gasteiger partial charge in [0.1, 0.15) is 6.10 Å². The highest BCUT2D eigenvalue weighted by Gasteiger charge is 2.81. The van der Waals surface area contributed by atoms with Crippen molar-refractivity contribution in [3.63, 3.8) is 0 Å². The van der Waals surface area contributed by atoms with Gasteiger partial charge >= 0.3 is 11.9 Å². The van der Waals surface area contributed by atoms with Gasteiger partial charge in [-0.25, -0.2) is 9.59 Å². The molecule has 0 aromatic heterocycles. The number of esters is 2. The summed E-state index contributed by atoms with van der Waals surface area (Å²) in [5.74, 6) is -1.39. The van der Waals surface area contributed by atoms with E-state index in [0.29, 0.717) is 30.9 Å². The zero-order valence-corrected chi connectivity index (χ0v) is 22.2. The van der Waals surface area contributed by atoms with Crippen molar-refractivity contribution < 1.29 is 34.0 Å². The highest BCUT2D eigenvalue weighted by molar-refractivity contribution is 5.95. The van der Waals surface area contributed by atoms with Gasteiger partial charge in [-0.05, 0) is 75.0 Å². The monoisotopic (exact) mass is 523 g/mol. The molecule has 8 nitrogen and oxygen atoms in total. The van der Waals surface area contributed by atoms with Crippen molar-refractivity contribution in [2.45, 2.75) is 87.0 Å². The molecule has 7 rings (SSSR count). The summed E-state index contributed by atoms with van der Waals surface area (Å²) in [4.78, 5) is 29.9. The minimum atomic E-state index is -1.13. The summed E-state index contributed by atoms with van der Waals surface area (Å²) >= 11 is 0. The average molecular weight is 524 g/mol. The van der Waals surface area contributed by atoms with E-state index in [9.17, 15) is 19.8 Å². The summed E-state index contributed by atoms with van der Waals surface area (Å²) in [5, 5.41) is 23.7. The molecule has 1 spiro atoms. The lowest BCUT2D eigenvalue weighted by atomic mass is 9.52. The first-order valence-electron chi connectivity index (χ1n) is 14.1. The van der Waals surface area contributed by atoms with E-state index in [1.807, 2.05) is 6.07 Å². The van der Waals surface area contributed by atoms with Crippen LogP contribution in [-0.4, -0.2) is 82.8 Å². The zero-order chi connectivity index (χ0) is 26.6. The molecule has 1 aromatic carbocycles. The van der Waals surface area contributed by atoms with Gasteiger partial charge in [-0.3, -0.25) is 4.90 Å². The smallest absolute Gasteiger partial charge is 0.338 e. The van der Waals surface area contributed by atoms with E-state index in [1.54, 1.807) is 31.4 Å². The van der Waals surface area contributed by atoms with E-state index in [1.165, 1.54) is 7.11 Å². The van der Waals surface area contributed by atoms with E-state index >= 15 is 0 Å². The molecular weight excluding hydrogens is 486 g/mol. The molecular formula is C30H37NO7. The predicted molar refractivity (Wildman–Crippen MR) is 136 cm³/mol. The van der Waals surface area contributed by atoms with Crippen LogP contribution in [0, 0.1) is 23.7 Å². The van der Waals surface area contributed by atoms with E-state index in [0.717, 1.165) is 24.8 Å². The van der Waals surface area contributed by atoms with Crippen LogP contribution in [0.3, 0.4) is 0 Å². The van der Waals surface area contributed by atoms with E-state index in [-0.39, 0.29) is 29.4 Å². The van der Waals surface area contributed by atoms with Gasteiger partial charge in [0.25, 0.3) is 0 Å². The highest BCUT2D eigenvalue weighted by atomic mass is 16.6. The third-order valence-electron chi connectivity index (χ3n) is 11.2. The SMILES string of the molecule is COC(=O)C1=C2C3(O)CC4CC5C3CCC(C)N5C24C2CCC(O)C(OC)C2C1OC(=O)c1ccccc1. The number of hydrogen-bond acceptors (Lipinski definition) is 8. The molecule has 5 bridgehead atoms. The van der Waals surface area contributed by atoms with E-state index in [2.05, 4.69) is 11.8 Å². The van der Waals surface area contributed by atoms with E-state index in [4.69, 9.17) is 14.2 Å². The van der Waals surface area contributed by atoms with Crippen molar-refractivity contribution in [2.24, 2.45) is 23.7 Å². The normalized spacial score (nSPS) is 47.9. The average Bonchev–Trinajstić information content (AvgIpc) is 3.32. The zero-order valence-electron chi connectivity index (χ0n) is 22.2. The molecule has 1 aromatic rings. The molecule has 38 heavy (non-hydrogen) atoms. The van der Waals surface area contributed by atoms with Crippen LogP contribution in [0.4, 0.5) is 0 Å². The summed E-state index contributed by atoms with van der Waals surface area (Å²) < 4.78 is 17.6. The van der Waals surface area contributed by atoms with Gasteiger partial charge in [0.05, 0.1) is 41.6 Å². The Bertz CT molecular complexity index is 1200. The third kappa shape index (κ3) is 2.85. The van der Waals surface area contributed by atoms with Crippen LogP contribution in [0.25, 0.3) is 0 Å². The number of aliphatic hydroxyl groups is 2. The lowest BCUT2D eigenvalue weighted by Gasteiger charge is -2.65. The number of fused-ring (bicyclic) bond motifs is 2. The molecule has 0 radical (unpaired) electrons. The van der Waals surface area contributed by atoms with Crippen molar-refractivity contribution in [3.8, 4) is 0 Å². The molecule has 12 unspecified atom stereocenters. The van der Waals surface area contributed by atoms with Crippen LogP contribution >= 0.6 is 0 Å². The first-order valence-corrected chi connectivity index (χ1v) is 14.1. The maximum atomic E-state index is 13.8. The quantitative estimate of drug-likeness (QED) is 0.580. The first-order chi connectivity index (χ1) is 18.3. The number of carbonyl (C=O) groups excluding carboxylic acids is 2. The van der Waals surface area contributed by atoms with Crippen LogP contribution in [0.5, 0.6) is 0 Å². The Hall–Kier alpha value is -2.26. The van der Waals surface area contributed by atoms with Gasteiger partial charge in [0.15, 0.2) is 0 Å². The molecule has 12 atom stereocenters. The number of piperidine rings is 2. The van der Waals surface area contributed by atoms with Crippen LogP contribution in [0.2, 0.25) is 0 Å². The largest absolute Gasteiger partial charge is 0.466 e. The number of aliphatic hydroxyl groups excluding tert-OH is 1. The molecule has 3 aliphatic carbocycles. The molecule has 0 amide bonds. The maximum Gasteiger partial charge on any atom is 0.338 e. The Morgan fingerprint density at radius 1 is 1.03 bits per heavy atom. The summed E-state index contributed by atoms with van der Waals surface area (Å²) in [6.45, 7) is 2.26. The van der Waals surface area contributed by atoms with Crippen molar-refractivity contribution in [3.05, 3.63) is 47.0 Å². The lowest BCUT2D eigenvalue weighted by Crippen LogP contribution is -2.74. The molecule has 2 saturated carbocycles. The Morgan fingerprint density at radius 2 is 1.76 bits per heavy atom. The number of ether oxygens (including phenoxy) is 3. The van der Waals surface area contributed by atoms with Crippen LogP contribution < -0.4 is 0 Å². The molecule has 3 heterocycles. The second kappa shape index (κ2) is 8.37. The standard InChI is InChI=1S/C30H37NO7/c1-15-9-10-18-20-13-17-14-29(18,35)26-23(28(34)37-3)25(38-27(33)16-7-5-4-6-8-16)22-19(30(17,26)31(15)20)11-12-21(32)24(22)36-2/h4-8,15,17-22,24-25,32,35H,9-14H2,1-3H3. The first kappa shape index (κ1) is 24.8. The Labute approximate surface area is 222 Å². The van der Waals surface area contributed by atoms with Crippen LogP contribution in [0.15, 0.2) is 41.5 Å². The van der Waals surface area contributed by atoms with Gasteiger partial charge in [0.2, 0.25) is 0 Å². The number of hydrogen-bond donors (Lipinski definition) is 2. The molecule has 5 fully saturated rings.